The Bertz CT molecular complexity index is 1060. The van der Waals surface area contributed by atoms with E-state index in [-0.39, 0.29) is 6.03 Å². The van der Waals surface area contributed by atoms with Crippen LogP contribution in [0.4, 0.5) is 27.9 Å². The third-order valence-electron chi connectivity index (χ3n) is 5.56. The first kappa shape index (κ1) is 20.6. The van der Waals surface area contributed by atoms with Crippen molar-refractivity contribution in [3.8, 4) is 0 Å². The minimum atomic E-state index is -0.0652. The van der Waals surface area contributed by atoms with Gasteiger partial charge in [-0.2, -0.15) is 0 Å². The van der Waals surface area contributed by atoms with E-state index in [1.165, 1.54) is 0 Å². The lowest BCUT2D eigenvalue weighted by Gasteiger charge is -2.35. The maximum absolute atomic E-state index is 12.7. The summed E-state index contributed by atoms with van der Waals surface area (Å²) in [6, 6.07) is 13.6. The van der Waals surface area contributed by atoms with Gasteiger partial charge in [0.25, 0.3) is 0 Å². The van der Waals surface area contributed by atoms with E-state index >= 15 is 0 Å². The molecule has 0 atom stereocenters. The summed E-state index contributed by atoms with van der Waals surface area (Å²) >= 11 is 0. The Hall–Kier alpha value is -3.68. The lowest BCUT2D eigenvalue weighted by atomic mass is 10.1. The van der Waals surface area contributed by atoms with Gasteiger partial charge in [-0.25, -0.2) is 9.78 Å². The number of hydrogen-bond acceptors (Lipinski definition) is 6. The lowest BCUT2D eigenvalue weighted by Crippen LogP contribution is -2.50. The second kappa shape index (κ2) is 8.99. The van der Waals surface area contributed by atoms with Gasteiger partial charge in [0.05, 0.1) is 0 Å². The van der Waals surface area contributed by atoms with Crippen LogP contribution in [0, 0.1) is 20.8 Å². The number of rotatable bonds is 4. The highest BCUT2D eigenvalue weighted by atomic mass is 16.2. The summed E-state index contributed by atoms with van der Waals surface area (Å²) in [4.78, 5) is 20.9. The monoisotopic (exact) mass is 417 g/mol. The van der Waals surface area contributed by atoms with E-state index in [9.17, 15) is 4.79 Å². The number of nitrogens with zero attached hydrogens (tertiary/aromatic N) is 5. The number of benzene rings is 1. The molecular formula is C23H27N7O. The number of aryl methyl sites for hydroxylation is 2. The van der Waals surface area contributed by atoms with Gasteiger partial charge in [-0.3, -0.25) is 0 Å². The molecule has 3 heterocycles. The number of nitrogens with one attached hydrogen (secondary N) is 2. The van der Waals surface area contributed by atoms with Gasteiger partial charge in [0.15, 0.2) is 11.6 Å². The van der Waals surface area contributed by atoms with E-state index in [1.54, 1.807) is 6.20 Å². The van der Waals surface area contributed by atoms with Gasteiger partial charge in [0, 0.05) is 38.1 Å². The van der Waals surface area contributed by atoms with Crippen molar-refractivity contribution in [2.75, 3.05) is 41.7 Å². The molecule has 0 unspecified atom stereocenters. The number of pyridine rings is 1. The van der Waals surface area contributed by atoms with Crippen molar-refractivity contribution in [1.82, 2.24) is 20.1 Å². The Kier molecular flexibility index (Phi) is 5.97. The van der Waals surface area contributed by atoms with Crippen molar-refractivity contribution in [3.05, 3.63) is 65.4 Å². The molecular weight excluding hydrogens is 390 g/mol. The van der Waals surface area contributed by atoms with Gasteiger partial charge in [-0.05, 0) is 67.8 Å². The fraction of sp³-hybridized carbons (Fsp3) is 0.304. The molecule has 8 heteroatoms. The van der Waals surface area contributed by atoms with Gasteiger partial charge < -0.3 is 20.4 Å². The Balaban J connectivity index is 1.32. The molecule has 0 bridgehead atoms. The predicted molar refractivity (Wildman–Crippen MR) is 123 cm³/mol. The van der Waals surface area contributed by atoms with Crippen LogP contribution < -0.4 is 15.5 Å². The first-order valence-electron chi connectivity index (χ1n) is 10.4. The number of amides is 2. The van der Waals surface area contributed by atoms with E-state index < -0.39 is 0 Å². The minimum Gasteiger partial charge on any atom is -0.352 e. The summed E-state index contributed by atoms with van der Waals surface area (Å²) < 4.78 is 0. The van der Waals surface area contributed by atoms with Crippen LogP contribution in [-0.2, 0) is 0 Å². The summed E-state index contributed by atoms with van der Waals surface area (Å²) in [7, 11) is 0. The van der Waals surface area contributed by atoms with Crippen molar-refractivity contribution in [3.63, 3.8) is 0 Å². The first-order valence-corrected chi connectivity index (χ1v) is 10.4. The quantitative estimate of drug-likeness (QED) is 0.670. The minimum absolute atomic E-state index is 0.0652. The van der Waals surface area contributed by atoms with Crippen LogP contribution in [0.2, 0.25) is 0 Å². The van der Waals surface area contributed by atoms with Crippen LogP contribution >= 0.6 is 0 Å². The Morgan fingerprint density at radius 3 is 2.45 bits per heavy atom. The molecule has 0 spiro atoms. The van der Waals surface area contributed by atoms with Gasteiger partial charge in [0.2, 0.25) is 0 Å². The van der Waals surface area contributed by atoms with Crippen LogP contribution in [-0.4, -0.2) is 52.3 Å². The van der Waals surface area contributed by atoms with Gasteiger partial charge in [-0.1, -0.05) is 12.1 Å². The summed E-state index contributed by atoms with van der Waals surface area (Å²) in [5.74, 6) is 2.19. The predicted octanol–water partition coefficient (Wildman–Crippen LogP) is 3.89. The molecule has 1 aliphatic rings. The zero-order chi connectivity index (χ0) is 21.8. The van der Waals surface area contributed by atoms with Crippen molar-refractivity contribution in [2.24, 2.45) is 0 Å². The molecule has 0 saturated carbocycles. The topological polar surface area (TPSA) is 86.3 Å². The Morgan fingerprint density at radius 1 is 0.935 bits per heavy atom. The van der Waals surface area contributed by atoms with E-state index in [1.807, 2.05) is 68.1 Å². The van der Waals surface area contributed by atoms with Gasteiger partial charge in [-0.15, -0.1) is 10.2 Å². The normalized spacial score (nSPS) is 13.8. The van der Waals surface area contributed by atoms with Crippen molar-refractivity contribution in [1.29, 1.82) is 0 Å². The Labute approximate surface area is 182 Å². The van der Waals surface area contributed by atoms with Gasteiger partial charge >= 0.3 is 6.03 Å². The SMILES string of the molecule is Cc1ccnc(Nc2ccc(N3CCN(C(=O)Nc4cccc(C)c4C)CC3)nn2)c1. The lowest BCUT2D eigenvalue weighted by molar-refractivity contribution is 0.208. The number of hydrogen-bond donors (Lipinski definition) is 2. The second-order valence-electron chi connectivity index (χ2n) is 7.77. The molecule has 4 rings (SSSR count). The van der Waals surface area contributed by atoms with Crippen LogP contribution in [0.3, 0.4) is 0 Å². The van der Waals surface area contributed by atoms with E-state index in [2.05, 4.69) is 30.7 Å². The average molecular weight is 418 g/mol. The number of urea groups is 1. The molecule has 31 heavy (non-hydrogen) atoms. The van der Waals surface area contributed by atoms with Crippen LogP contribution in [0.25, 0.3) is 0 Å². The Morgan fingerprint density at radius 2 is 1.74 bits per heavy atom. The molecule has 0 aliphatic carbocycles. The molecule has 0 radical (unpaired) electrons. The maximum atomic E-state index is 12.7. The highest BCUT2D eigenvalue weighted by molar-refractivity contribution is 5.90. The standard InChI is InChI=1S/C23H27N7O/c1-16-9-10-24-21(15-16)26-20-7-8-22(28-27-20)29-11-13-30(14-12-29)23(31)25-19-6-4-5-17(2)18(19)3/h4-10,15H,11-14H2,1-3H3,(H,25,31)(H,24,26,27). The molecule has 2 amide bonds. The summed E-state index contributed by atoms with van der Waals surface area (Å²) in [5, 5.41) is 14.8. The van der Waals surface area contributed by atoms with Crippen molar-refractivity contribution in [2.45, 2.75) is 20.8 Å². The molecule has 160 valence electrons. The zero-order valence-corrected chi connectivity index (χ0v) is 18.1. The molecule has 2 N–H and O–H groups in total. The van der Waals surface area contributed by atoms with E-state index in [0.717, 1.165) is 34.0 Å². The fourth-order valence-corrected chi connectivity index (χ4v) is 3.52. The van der Waals surface area contributed by atoms with E-state index in [4.69, 9.17) is 0 Å². The first-order chi connectivity index (χ1) is 15.0. The summed E-state index contributed by atoms with van der Waals surface area (Å²) in [6.07, 6.45) is 1.76. The third kappa shape index (κ3) is 4.91. The van der Waals surface area contributed by atoms with Crippen LogP contribution in [0.1, 0.15) is 16.7 Å². The van der Waals surface area contributed by atoms with Gasteiger partial charge in [0.1, 0.15) is 5.82 Å². The second-order valence-corrected chi connectivity index (χ2v) is 7.77. The van der Waals surface area contributed by atoms with E-state index in [0.29, 0.717) is 32.0 Å². The molecule has 2 aromatic heterocycles. The molecule has 3 aromatic rings. The third-order valence-corrected chi connectivity index (χ3v) is 5.56. The number of piperazine rings is 1. The van der Waals surface area contributed by atoms with Crippen LogP contribution in [0.15, 0.2) is 48.7 Å². The number of carbonyl (C=O) groups is 1. The maximum Gasteiger partial charge on any atom is 0.321 e. The molecule has 1 fully saturated rings. The molecule has 1 aliphatic heterocycles. The number of aromatic nitrogens is 3. The molecule has 8 nitrogen and oxygen atoms in total. The molecule has 1 saturated heterocycles. The average Bonchev–Trinajstić information content (AvgIpc) is 2.78. The zero-order valence-electron chi connectivity index (χ0n) is 18.1. The van der Waals surface area contributed by atoms with Crippen molar-refractivity contribution < 1.29 is 4.79 Å². The highest BCUT2D eigenvalue weighted by Gasteiger charge is 2.22. The molecule has 1 aromatic carbocycles. The van der Waals surface area contributed by atoms with Crippen LogP contribution in [0.5, 0.6) is 0 Å². The number of carbonyl (C=O) groups excluding carboxylic acids is 1. The summed E-state index contributed by atoms with van der Waals surface area (Å²) in [5.41, 5.74) is 4.25. The smallest absolute Gasteiger partial charge is 0.321 e. The number of anilines is 4. The van der Waals surface area contributed by atoms with Crippen molar-refractivity contribution >= 4 is 29.2 Å². The summed E-state index contributed by atoms with van der Waals surface area (Å²) in [6.45, 7) is 8.76. The fourth-order valence-electron chi connectivity index (χ4n) is 3.52. The largest absolute Gasteiger partial charge is 0.352 e. The highest BCUT2D eigenvalue weighted by Crippen LogP contribution is 2.20.